The summed E-state index contributed by atoms with van der Waals surface area (Å²) in [5, 5.41) is 3.08. The molecule has 1 N–H and O–H groups in total. The van der Waals surface area contributed by atoms with Gasteiger partial charge in [0.15, 0.2) is 6.61 Å². The highest BCUT2D eigenvalue weighted by atomic mass is 16.5. The number of nitrogens with one attached hydrogen (secondary N) is 1. The molecule has 0 saturated heterocycles. The molecule has 138 valence electrons. The lowest BCUT2D eigenvalue weighted by Crippen LogP contribution is -2.40. The van der Waals surface area contributed by atoms with Gasteiger partial charge in [-0.3, -0.25) is 4.79 Å². The molecular weight excluding hydrogens is 328 g/mol. The maximum absolute atomic E-state index is 12.1. The van der Waals surface area contributed by atoms with Gasteiger partial charge in [0.25, 0.3) is 5.91 Å². The Bertz CT molecular complexity index is 680. The molecule has 1 saturated carbocycles. The molecule has 1 fully saturated rings. The molecule has 3 rings (SSSR count). The molecule has 1 amide bonds. The van der Waals surface area contributed by atoms with Crippen LogP contribution in [0, 0.1) is 5.92 Å². The van der Waals surface area contributed by atoms with E-state index in [2.05, 4.69) is 17.2 Å². The lowest BCUT2D eigenvalue weighted by Gasteiger charge is -2.28. The monoisotopic (exact) mass is 354 g/mol. The van der Waals surface area contributed by atoms with Gasteiger partial charge in [-0.05, 0) is 61.9 Å². The number of ether oxygens (including phenoxy) is 2. The van der Waals surface area contributed by atoms with Gasteiger partial charge in [0, 0.05) is 18.3 Å². The minimum atomic E-state index is -0.0567. The molecular formula is C21H26N2O3. The highest BCUT2D eigenvalue weighted by Gasteiger charge is 2.21. The van der Waals surface area contributed by atoms with Gasteiger partial charge in [0.2, 0.25) is 5.88 Å². The molecule has 0 spiro atoms. The summed E-state index contributed by atoms with van der Waals surface area (Å²) in [7, 11) is 0. The molecule has 0 bridgehead atoms. The van der Waals surface area contributed by atoms with E-state index in [9.17, 15) is 4.79 Å². The van der Waals surface area contributed by atoms with E-state index in [-0.39, 0.29) is 12.5 Å². The van der Waals surface area contributed by atoms with Gasteiger partial charge < -0.3 is 14.8 Å². The Morgan fingerprint density at radius 2 is 1.81 bits per heavy atom. The number of benzene rings is 1. The summed E-state index contributed by atoms with van der Waals surface area (Å²) in [6.07, 6.45) is 7.48. The third kappa shape index (κ3) is 5.48. The van der Waals surface area contributed by atoms with Gasteiger partial charge in [-0.25, -0.2) is 4.98 Å². The zero-order chi connectivity index (χ0) is 18.2. The Morgan fingerprint density at radius 3 is 2.46 bits per heavy atom. The first-order valence-corrected chi connectivity index (χ1v) is 9.34. The van der Waals surface area contributed by atoms with Crippen LogP contribution in [0.3, 0.4) is 0 Å². The largest absolute Gasteiger partial charge is 0.484 e. The van der Waals surface area contributed by atoms with Crippen molar-refractivity contribution in [3.8, 4) is 17.4 Å². The summed E-state index contributed by atoms with van der Waals surface area (Å²) in [5.74, 6) is 2.62. The van der Waals surface area contributed by atoms with Crippen molar-refractivity contribution in [3.63, 3.8) is 0 Å². The second-order valence-corrected chi connectivity index (χ2v) is 6.72. The first kappa shape index (κ1) is 18.2. The summed E-state index contributed by atoms with van der Waals surface area (Å²) in [6.45, 7) is 2.28. The molecule has 1 aromatic carbocycles. The summed E-state index contributed by atoms with van der Waals surface area (Å²) in [4.78, 5) is 16.2. The predicted octanol–water partition coefficient (Wildman–Crippen LogP) is 4.34. The Kier molecular flexibility index (Phi) is 6.47. The van der Waals surface area contributed by atoms with Crippen LogP contribution in [0.5, 0.6) is 17.4 Å². The van der Waals surface area contributed by atoms with Crippen molar-refractivity contribution >= 4 is 5.91 Å². The topological polar surface area (TPSA) is 60.5 Å². The fraction of sp³-hybridized carbons (Fsp3) is 0.429. The highest BCUT2D eigenvalue weighted by Crippen LogP contribution is 2.26. The second-order valence-electron chi connectivity index (χ2n) is 6.72. The molecule has 0 atom stereocenters. The van der Waals surface area contributed by atoms with Crippen LogP contribution in [0.2, 0.25) is 0 Å². The van der Waals surface area contributed by atoms with E-state index in [0.29, 0.717) is 23.4 Å². The van der Waals surface area contributed by atoms with E-state index < -0.39 is 0 Å². The Morgan fingerprint density at radius 1 is 1.08 bits per heavy atom. The van der Waals surface area contributed by atoms with Gasteiger partial charge >= 0.3 is 0 Å². The number of amides is 1. The number of nitrogens with zero attached hydrogens (tertiary/aromatic N) is 1. The first-order chi connectivity index (χ1) is 12.7. The SMILES string of the molecule is CCC1CCC(NC(=O)COc2ccc(Oc3ccccn3)cc2)CC1. The zero-order valence-electron chi connectivity index (χ0n) is 15.2. The quantitative estimate of drug-likeness (QED) is 0.803. The van der Waals surface area contributed by atoms with Crippen LogP contribution < -0.4 is 14.8 Å². The Balaban J connectivity index is 1.41. The van der Waals surface area contributed by atoms with Crippen molar-refractivity contribution in [1.29, 1.82) is 0 Å². The maximum atomic E-state index is 12.1. The number of carbonyl (C=O) groups excluding carboxylic acids is 1. The number of rotatable bonds is 7. The normalized spacial score (nSPS) is 19.6. The summed E-state index contributed by atoms with van der Waals surface area (Å²) < 4.78 is 11.2. The van der Waals surface area contributed by atoms with Crippen molar-refractivity contribution in [1.82, 2.24) is 10.3 Å². The molecule has 1 aliphatic rings. The highest BCUT2D eigenvalue weighted by molar-refractivity contribution is 5.77. The molecule has 0 unspecified atom stereocenters. The van der Waals surface area contributed by atoms with E-state index in [1.165, 1.54) is 19.3 Å². The average molecular weight is 354 g/mol. The lowest BCUT2D eigenvalue weighted by atomic mass is 9.84. The van der Waals surface area contributed by atoms with E-state index in [1.807, 2.05) is 12.1 Å². The lowest BCUT2D eigenvalue weighted by molar-refractivity contribution is -0.124. The molecule has 2 aromatic rings. The van der Waals surface area contributed by atoms with Crippen LogP contribution in [-0.4, -0.2) is 23.5 Å². The number of hydrogen-bond donors (Lipinski definition) is 1. The molecule has 0 aliphatic heterocycles. The van der Waals surface area contributed by atoms with Gasteiger partial charge in [-0.1, -0.05) is 19.4 Å². The fourth-order valence-electron chi connectivity index (χ4n) is 3.27. The van der Waals surface area contributed by atoms with Crippen LogP contribution in [0.15, 0.2) is 48.7 Å². The number of pyridine rings is 1. The van der Waals surface area contributed by atoms with Crippen LogP contribution in [0.25, 0.3) is 0 Å². The summed E-state index contributed by atoms with van der Waals surface area (Å²) >= 11 is 0. The van der Waals surface area contributed by atoms with Crippen LogP contribution in [0.4, 0.5) is 0 Å². The van der Waals surface area contributed by atoms with Gasteiger partial charge in [0.05, 0.1) is 0 Å². The van der Waals surface area contributed by atoms with Crippen LogP contribution in [0.1, 0.15) is 39.0 Å². The standard InChI is InChI=1S/C21H26N2O3/c1-2-16-6-8-17(9-7-16)23-20(24)15-25-18-10-12-19(13-11-18)26-21-5-3-4-14-22-21/h3-5,10-14,16-17H,2,6-9,15H2,1H3,(H,23,24). The van der Waals surface area contributed by atoms with E-state index in [0.717, 1.165) is 18.8 Å². The van der Waals surface area contributed by atoms with Crippen molar-refractivity contribution in [2.24, 2.45) is 5.92 Å². The minimum Gasteiger partial charge on any atom is -0.484 e. The van der Waals surface area contributed by atoms with E-state index >= 15 is 0 Å². The second kappa shape index (κ2) is 9.22. The smallest absolute Gasteiger partial charge is 0.258 e. The third-order valence-corrected chi connectivity index (χ3v) is 4.84. The molecule has 26 heavy (non-hydrogen) atoms. The molecule has 5 nitrogen and oxygen atoms in total. The van der Waals surface area contributed by atoms with E-state index in [4.69, 9.17) is 9.47 Å². The Labute approximate surface area is 154 Å². The molecule has 1 aliphatic carbocycles. The molecule has 1 heterocycles. The Hall–Kier alpha value is -2.56. The van der Waals surface area contributed by atoms with Crippen LogP contribution in [-0.2, 0) is 4.79 Å². The van der Waals surface area contributed by atoms with Crippen LogP contribution >= 0.6 is 0 Å². The van der Waals surface area contributed by atoms with Crippen molar-refractivity contribution < 1.29 is 14.3 Å². The van der Waals surface area contributed by atoms with E-state index in [1.54, 1.807) is 36.5 Å². The van der Waals surface area contributed by atoms with Gasteiger partial charge in [-0.15, -0.1) is 0 Å². The number of hydrogen-bond acceptors (Lipinski definition) is 4. The van der Waals surface area contributed by atoms with Crippen molar-refractivity contribution in [2.75, 3.05) is 6.61 Å². The fourth-order valence-corrected chi connectivity index (χ4v) is 3.27. The molecule has 0 radical (unpaired) electrons. The number of aromatic nitrogens is 1. The minimum absolute atomic E-state index is 0.0359. The van der Waals surface area contributed by atoms with Crippen molar-refractivity contribution in [2.45, 2.75) is 45.1 Å². The maximum Gasteiger partial charge on any atom is 0.258 e. The summed E-state index contributed by atoms with van der Waals surface area (Å²) in [5.41, 5.74) is 0. The first-order valence-electron chi connectivity index (χ1n) is 9.34. The summed E-state index contributed by atoms with van der Waals surface area (Å²) in [6, 6.07) is 13.0. The van der Waals surface area contributed by atoms with Gasteiger partial charge in [0.1, 0.15) is 11.5 Å². The van der Waals surface area contributed by atoms with Crippen molar-refractivity contribution in [3.05, 3.63) is 48.7 Å². The van der Waals surface area contributed by atoms with Gasteiger partial charge in [-0.2, -0.15) is 0 Å². The average Bonchev–Trinajstić information content (AvgIpc) is 2.69. The molecule has 5 heteroatoms. The predicted molar refractivity (Wildman–Crippen MR) is 100 cm³/mol. The number of carbonyl (C=O) groups is 1. The molecule has 1 aromatic heterocycles. The zero-order valence-corrected chi connectivity index (χ0v) is 15.2. The third-order valence-electron chi connectivity index (χ3n) is 4.84.